The third-order valence-electron chi connectivity index (χ3n) is 6.83. The molecule has 0 bridgehead atoms. The van der Waals surface area contributed by atoms with E-state index in [2.05, 4.69) is 34.3 Å². The van der Waals surface area contributed by atoms with Gasteiger partial charge in [-0.3, -0.25) is 9.69 Å². The zero-order chi connectivity index (χ0) is 20.0. The fourth-order valence-electron chi connectivity index (χ4n) is 5.43. The number of carbonyl (C=O) groups excluding carboxylic acids is 1. The van der Waals surface area contributed by atoms with Crippen LogP contribution in [0.2, 0.25) is 0 Å². The quantitative estimate of drug-likeness (QED) is 0.633. The Morgan fingerprint density at radius 1 is 1.38 bits per heavy atom. The first-order chi connectivity index (χ1) is 14.2. The van der Waals surface area contributed by atoms with Crippen molar-refractivity contribution >= 4 is 16.9 Å². The number of H-pyrrole nitrogens is 1. The number of aromatic amines is 1. The highest BCUT2D eigenvalue weighted by molar-refractivity contribution is 5.90. The molecule has 3 atom stereocenters. The van der Waals surface area contributed by atoms with Gasteiger partial charge in [-0.05, 0) is 30.0 Å². The van der Waals surface area contributed by atoms with E-state index in [4.69, 9.17) is 9.47 Å². The van der Waals surface area contributed by atoms with Crippen LogP contribution in [0.1, 0.15) is 29.2 Å². The van der Waals surface area contributed by atoms with Crippen LogP contribution in [0.4, 0.5) is 0 Å². The highest BCUT2D eigenvalue weighted by Crippen LogP contribution is 2.46. The molecule has 1 aromatic carbocycles. The molecule has 7 heteroatoms. The molecule has 0 unspecified atom stereocenters. The molecule has 5 rings (SSSR count). The van der Waals surface area contributed by atoms with Gasteiger partial charge in [-0.15, -0.1) is 0 Å². The van der Waals surface area contributed by atoms with Crippen molar-refractivity contribution in [3.8, 4) is 6.19 Å². The Kier molecular flexibility index (Phi) is 4.69. The predicted octanol–water partition coefficient (Wildman–Crippen LogP) is 1.98. The van der Waals surface area contributed by atoms with E-state index in [1.807, 2.05) is 4.90 Å². The van der Waals surface area contributed by atoms with Gasteiger partial charge in [0.1, 0.15) is 0 Å². The lowest BCUT2D eigenvalue weighted by molar-refractivity contribution is -0.147. The molecular weight excluding hydrogens is 368 g/mol. The van der Waals surface area contributed by atoms with Gasteiger partial charge in [0.05, 0.1) is 32.3 Å². The number of nitrogens with one attached hydrogen (secondary N) is 1. The van der Waals surface area contributed by atoms with Gasteiger partial charge >= 0.3 is 5.97 Å². The number of methoxy groups -OCH3 is 1. The number of aromatic nitrogens is 1. The van der Waals surface area contributed by atoms with Crippen LogP contribution in [-0.2, 0) is 27.2 Å². The van der Waals surface area contributed by atoms with Crippen LogP contribution in [0.5, 0.6) is 0 Å². The lowest BCUT2D eigenvalue weighted by Gasteiger charge is -2.44. The van der Waals surface area contributed by atoms with Crippen LogP contribution >= 0.6 is 0 Å². The van der Waals surface area contributed by atoms with Crippen LogP contribution in [-0.4, -0.2) is 66.8 Å². The number of rotatable bonds is 3. The minimum Gasteiger partial charge on any atom is -0.469 e. The average molecular weight is 394 g/mol. The number of likely N-dealkylation sites (tertiary alicyclic amines) is 1. The van der Waals surface area contributed by atoms with Crippen molar-refractivity contribution in [3.05, 3.63) is 35.0 Å². The summed E-state index contributed by atoms with van der Waals surface area (Å²) in [6.07, 6.45) is 3.93. The van der Waals surface area contributed by atoms with E-state index in [0.717, 1.165) is 51.2 Å². The van der Waals surface area contributed by atoms with E-state index < -0.39 is 0 Å². The number of carbonyl (C=O) groups is 1. The van der Waals surface area contributed by atoms with Crippen molar-refractivity contribution < 1.29 is 14.3 Å². The summed E-state index contributed by atoms with van der Waals surface area (Å²) in [5.41, 5.74) is 5.00. The van der Waals surface area contributed by atoms with Crippen LogP contribution in [0.3, 0.4) is 0 Å². The fourth-order valence-corrected chi connectivity index (χ4v) is 5.43. The summed E-state index contributed by atoms with van der Waals surface area (Å²) in [5.74, 6) is -0.316. The third kappa shape index (κ3) is 3.07. The molecule has 3 heterocycles. The van der Waals surface area contributed by atoms with Crippen LogP contribution in [0, 0.1) is 17.4 Å². The average Bonchev–Trinajstić information content (AvgIpc) is 3.11. The molecule has 0 radical (unpaired) electrons. The highest BCUT2D eigenvalue weighted by Gasteiger charge is 2.43. The van der Waals surface area contributed by atoms with Gasteiger partial charge in [-0.25, -0.2) is 0 Å². The van der Waals surface area contributed by atoms with Crippen molar-refractivity contribution in [1.82, 2.24) is 14.8 Å². The van der Waals surface area contributed by atoms with E-state index >= 15 is 0 Å². The topological polar surface area (TPSA) is 81.6 Å². The van der Waals surface area contributed by atoms with Gasteiger partial charge in [0.15, 0.2) is 6.19 Å². The maximum atomic E-state index is 12.2. The number of nitrogens with zero attached hydrogens (tertiary/aromatic N) is 3. The van der Waals surface area contributed by atoms with E-state index in [-0.39, 0.29) is 23.8 Å². The van der Waals surface area contributed by atoms with Crippen molar-refractivity contribution in [1.29, 1.82) is 5.26 Å². The lowest BCUT2D eigenvalue weighted by Crippen LogP contribution is -2.49. The largest absolute Gasteiger partial charge is 0.469 e. The van der Waals surface area contributed by atoms with Gasteiger partial charge in [-0.2, -0.15) is 5.26 Å². The Labute approximate surface area is 170 Å². The van der Waals surface area contributed by atoms with Gasteiger partial charge < -0.3 is 19.4 Å². The van der Waals surface area contributed by atoms with Crippen molar-refractivity contribution in [3.63, 3.8) is 0 Å². The molecule has 152 valence electrons. The zero-order valence-electron chi connectivity index (χ0n) is 16.7. The van der Waals surface area contributed by atoms with Gasteiger partial charge in [0.2, 0.25) is 0 Å². The number of piperidine rings is 1. The first-order valence-electron chi connectivity index (χ1n) is 10.4. The SMILES string of the molecule is COC(=O)[C@@H]1C[C@@H]2c3cccc4[nH]c(CN5CCOCC5)c(c34)C[C@H]2N(C#N)C1. The van der Waals surface area contributed by atoms with Crippen LogP contribution < -0.4 is 0 Å². The molecule has 0 saturated carbocycles. The molecule has 29 heavy (non-hydrogen) atoms. The molecule has 2 saturated heterocycles. The van der Waals surface area contributed by atoms with E-state index in [1.165, 1.54) is 29.3 Å². The Bertz CT molecular complexity index is 972. The van der Waals surface area contributed by atoms with E-state index in [1.54, 1.807) is 0 Å². The minimum absolute atomic E-state index is 0.0956. The molecule has 2 aliphatic heterocycles. The molecule has 0 amide bonds. The fraction of sp³-hybridized carbons (Fsp3) is 0.545. The maximum absolute atomic E-state index is 12.2. The number of hydrogen-bond acceptors (Lipinski definition) is 6. The second-order valence-corrected chi connectivity index (χ2v) is 8.33. The Morgan fingerprint density at radius 2 is 2.21 bits per heavy atom. The van der Waals surface area contributed by atoms with Crippen LogP contribution in [0.15, 0.2) is 18.2 Å². The zero-order valence-corrected chi connectivity index (χ0v) is 16.7. The number of ether oxygens (including phenoxy) is 2. The summed E-state index contributed by atoms with van der Waals surface area (Å²) in [6, 6.07) is 6.48. The standard InChI is InChI=1S/C22H26N4O3/c1-28-22(27)14-9-16-15-3-2-4-18-21(15)17(10-20(16)26(11-14)13-23)19(24-18)12-25-5-7-29-8-6-25/h2-4,14,16,20,24H,5-12H2,1H3/t14-,16-,20-/m1/s1. The number of fused-ring (bicyclic) bond motifs is 2. The summed E-state index contributed by atoms with van der Waals surface area (Å²) in [7, 11) is 1.43. The Hall–Kier alpha value is -2.56. The monoisotopic (exact) mass is 394 g/mol. The third-order valence-corrected chi connectivity index (χ3v) is 6.83. The van der Waals surface area contributed by atoms with Crippen molar-refractivity contribution in [2.75, 3.05) is 40.0 Å². The number of morpholine rings is 1. The number of esters is 1. The molecule has 3 aliphatic rings. The second-order valence-electron chi connectivity index (χ2n) is 8.33. The molecule has 1 N–H and O–H groups in total. The van der Waals surface area contributed by atoms with E-state index in [9.17, 15) is 10.1 Å². The molecule has 7 nitrogen and oxygen atoms in total. The molecule has 1 aliphatic carbocycles. The molecule has 2 fully saturated rings. The normalized spacial score (nSPS) is 26.8. The van der Waals surface area contributed by atoms with Gasteiger partial charge in [-0.1, -0.05) is 12.1 Å². The summed E-state index contributed by atoms with van der Waals surface area (Å²) < 4.78 is 10.5. The van der Waals surface area contributed by atoms with Gasteiger partial charge in [0.25, 0.3) is 0 Å². The highest BCUT2D eigenvalue weighted by atomic mass is 16.5. The summed E-state index contributed by atoms with van der Waals surface area (Å²) >= 11 is 0. The van der Waals surface area contributed by atoms with E-state index in [0.29, 0.717) is 6.54 Å². The first kappa shape index (κ1) is 18.5. The molecule has 0 spiro atoms. The Balaban J connectivity index is 1.54. The minimum atomic E-state index is -0.260. The first-order valence-corrected chi connectivity index (χ1v) is 10.4. The molecule has 2 aromatic rings. The summed E-state index contributed by atoms with van der Waals surface area (Å²) in [5, 5.41) is 11.1. The van der Waals surface area contributed by atoms with Crippen molar-refractivity contribution in [2.45, 2.75) is 31.3 Å². The number of hydrogen-bond donors (Lipinski definition) is 1. The smallest absolute Gasteiger partial charge is 0.310 e. The molecular formula is C22H26N4O3. The summed E-state index contributed by atoms with van der Waals surface area (Å²) in [4.78, 5) is 20.1. The van der Waals surface area contributed by atoms with Crippen LogP contribution in [0.25, 0.3) is 10.9 Å². The number of nitriles is 1. The maximum Gasteiger partial charge on any atom is 0.310 e. The van der Waals surface area contributed by atoms with Crippen molar-refractivity contribution in [2.24, 2.45) is 5.92 Å². The molecule has 1 aromatic heterocycles. The number of benzene rings is 1. The predicted molar refractivity (Wildman–Crippen MR) is 107 cm³/mol. The van der Waals surface area contributed by atoms with Gasteiger partial charge in [0, 0.05) is 48.7 Å². The Morgan fingerprint density at radius 3 is 2.97 bits per heavy atom. The lowest BCUT2D eigenvalue weighted by atomic mass is 9.72. The summed E-state index contributed by atoms with van der Waals surface area (Å²) in [6.45, 7) is 4.77. The second kappa shape index (κ2) is 7.36.